The first-order valence-electron chi connectivity index (χ1n) is 8.14. The fraction of sp³-hybridized carbons (Fsp3) is 0.0526. The van der Waals surface area contributed by atoms with Crippen molar-refractivity contribution in [1.82, 2.24) is 14.0 Å². The summed E-state index contributed by atoms with van der Waals surface area (Å²) < 4.78 is 3.02. The van der Waals surface area contributed by atoms with Crippen LogP contribution in [-0.2, 0) is 7.05 Å². The summed E-state index contributed by atoms with van der Waals surface area (Å²) in [6, 6.07) is 13.0. The summed E-state index contributed by atoms with van der Waals surface area (Å²) in [6.07, 6.45) is 1.64. The number of nitrogens with zero attached hydrogens (tertiary/aromatic N) is 3. The summed E-state index contributed by atoms with van der Waals surface area (Å²) in [5, 5.41) is 3.10. The zero-order valence-corrected chi connectivity index (χ0v) is 14.3. The molecule has 2 amide bonds. The van der Waals surface area contributed by atoms with Gasteiger partial charge in [-0.25, -0.2) is 4.98 Å². The van der Waals surface area contributed by atoms with E-state index in [2.05, 4.69) is 10.3 Å². The van der Waals surface area contributed by atoms with Gasteiger partial charge in [0, 0.05) is 24.5 Å². The SMILES string of the molecule is Cn1c(C(=O)Nc2ccc(C(N)=O)cc2)cc2c(=O)n3ccccc3nc21. The van der Waals surface area contributed by atoms with Gasteiger partial charge in [-0.05, 0) is 42.5 Å². The number of amides is 2. The molecule has 8 nitrogen and oxygen atoms in total. The van der Waals surface area contributed by atoms with Crippen molar-refractivity contribution in [2.24, 2.45) is 12.8 Å². The number of hydrogen-bond donors (Lipinski definition) is 2. The highest BCUT2D eigenvalue weighted by Gasteiger charge is 2.17. The van der Waals surface area contributed by atoms with Crippen LogP contribution in [0.25, 0.3) is 16.7 Å². The Morgan fingerprint density at radius 2 is 1.85 bits per heavy atom. The molecule has 0 saturated carbocycles. The average molecular weight is 361 g/mol. The molecule has 27 heavy (non-hydrogen) atoms. The Bertz CT molecular complexity index is 1270. The van der Waals surface area contributed by atoms with Gasteiger partial charge in [0.1, 0.15) is 17.0 Å². The van der Waals surface area contributed by atoms with Gasteiger partial charge in [-0.3, -0.25) is 18.8 Å². The molecule has 8 heteroatoms. The molecule has 0 fully saturated rings. The Balaban J connectivity index is 1.74. The number of rotatable bonds is 3. The van der Waals surface area contributed by atoms with Crippen LogP contribution in [0.4, 0.5) is 5.69 Å². The minimum absolute atomic E-state index is 0.240. The summed E-state index contributed by atoms with van der Waals surface area (Å²) in [5.41, 5.74) is 7.05. The summed E-state index contributed by atoms with van der Waals surface area (Å²) in [4.78, 5) is 40.9. The van der Waals surface area contributed by atoms with E-state index in [9.17, 15) is 14.4 Å². The van der Waals surface area contributed by atoms with Gasteiger partial charge in [0.2, 0.25) is 5.91 Å². The third-order valence-electron chi connectivity index (χ3n) is 4.37. The van der Waals surface area contributed by atoms with Crippen molar-refractivity contribution in [1.29, 1.82) is 0 Å². The standard InChI is InChI=1S/C19H15N5O3/c1-23-14(18(26)21-12-7-5-11(6-8-12)16(20)25)10-13-17(23)22-15-4-2-3-9-24(15)19(13)27/h2-10H,1H3,(H2,20,25)(H,21,26). The summed E-state index contributed by atoms with van der Waals surface area (Å²) in [7, 11) is 1.68. The number of hydrogen-bond acceptors (Lipinski definition) is 4. The molecule has 0 spiro atoms. The van der Waals surface area contributed by atoms with Crippen molar-refractivity contribution >= 4 is 34.2 Å². The molecular weight excluding hydrogens is 346 g/mol. The topological polar surface area (TPSA) is 111 Å². The first kappa shape index (κ1) is 16.5. The van der Waals surface area contributed by atoms with Crippen molar-refractivity contribution in [3.63, 3.8) is 0 Å². The van der Waals surface area contributed by atoms with Crippen molar-refractivity contribution in [2.45, 2.75) is 0 Å². The van der Waals surface area contributed by atoms with E-state index in [-0.39, 0.29) is 5.56 Å². The third kappa shape index (κ3) is 2.73. The summed E-state index contributed by atoms with van der Waals surface area (Å²) in [5.74, 6) is -0.934. The van der Waals surface area contributed by atoms with Crippen molar-refractivity contribution in [3.8, 4) is 0 Å². The predicted molar refractivity (Wildman–Crippen MR) is 101 cm³/mol. The van der Waals surface area contributed by atoms with Gasteiger partial charge in [0.15, 0.2) is 0 Å². The molecule has 3 aromatic heterocycles. The maximum absolute atomic E-state index is 12.7. The molecule has 134 valence electrons. The van der Waals surface area contributed by atoms with Crippen molar-refractivity contribution in [3.05, 3.63) is 76.3 Å². The molecule has 3 heterocycles. The Morgan fingerprint density at radius 1 is 1.11 bits per heavy atom. The number of anilines is 1. The van der Waals surface area contributed by atoms with Gasteiger partial charge in [0.25, 0.3) is 11.5 Å². The third-order valence-corrected chi connectivity index (χ3v) is 4.37. The largest absolute Gasteiger partial charge is 0.366 e. The zero-order chi connectivity index (χ0) is 19.1. The van der Waals surface area contributed by atoms with E-state index in [4.69, 9.17) is 5.73 Å². The fourth-order valence-corrected chi connectivity index (χ4v) is 2.95. The van der Waals surface area contributed by atoms with E-state index in [0.29, 0.717) is 33.6 Å². The van der Waals surface area contributed by atoms with Gasteiger partial charge in [-0.2, -0.15) is 0 Å². The van der Waals surface area contributed by atoms with Crippen molar-refractivity contribution < 1.29 is 9.59 Å². The first-order chi connectivity index (χ1) is 13.0. The predicted octanol–water partition coefficient (Wildman–Crippen LogP) is 1.54. The molecule has 0 aliphatic carbocycles. The van der Waals surface area contributed by atoms with Crippen LogP contribution >= 0.6 is 0 Å². The highest BCUT2D eigenvalue weighted by atomic mass is 16.2. The summed E-state index contributed by atoms with van der Waals surface area (Å²) >= 11 is 0. The van der Waals surface area contributed by atoms with Crippen LogP contribution < -0.4 is 16.6 Å². The number of primary amides is 1. The Hall–Kier alpha value is -3.94. The number of benzene rings is 1. The van der Waals surface area contributed by atoms with Crippen LogP contribution in [0.5, 0.6) is 0 Å². The Labute approximate surface area is 152 Å². The molecule has 4 rings (SSSR count). The molecule has 0 aliphatic heterocycles. The number of nitrogens with one attached hydrogen (secondary N) is 1. The Kier molecular flexibility index (Phi) is 3.73. The molecule has 3 N–H and O–H groups in total. The second-order valence-corrected chi connectivity index (χ2v) is 6.07. The number of fused-ring (bicyclic) bond motifs is 2. The molecule has 0 bridgehead atoms. The number of nitrogens with two attached hydrogens (primary N) is 1. The number of pyridine rings is 1. The molecule has 1 aromatic carbocycles. The van der Waals surface area contributed by atoms with Crippen LogP contribution in [0.15, 0.2) is 59.5 Å². The van der Waals surface area contributed by atoms with E-state index >= 15 is 0 Å². The number of aryl methyl sites for hydroxylation is 1. The lowest BCUT2D eigenvalue weighted by Gasteiger charge is -2.07. The maximum Gasteiger partial charge on any atom is 0.272 e. The average Bonchev–Trinajstić information content (AvgIpc) is 3.00. The van der Waals surface area contributed by atoms with Gasteiger partial charge in [0.05, 0.1) is 5.39 Å². The zero-order valence-electron chi connectivity index (χ0n) is 14.3. The normalized spacial score (nSPS) is 11.0. The lowest BCUT2D eigenvalue weighted by Crippen LogP contribution is -2.16. The van der Waals surface area contributed by atoms with Crippen LogP contribution in [0, 0.1) is 0 Å². The molecule has 0 radical (unpaired) electrons. The van der Waals surface area contributed by atoms with E-state index < -0.39 is 11.8 Å². The monoisotopic (exact) mass is 361 g/mol. The lowest BCUT2D eigenvalue weighted by molar-refractivity contribution is 0.0997. The van der Waals surface area contributed by atoms with Gasteiger partial charge in [-0.1, -0.05) is 6.07 Å². The maximum atomic E-state index is 12.7. The van der Waals surface area contributed by atoms with Crippen LogP contribution in [0.3, 0.4) is 0 Å². The molecule has 0 atom stereocenters. The molecular formula is C19H15N5O3. The van der Waals surface area contributed by atoms with E-state index in [1.807, 2.05) is 0 Å². The lowest BCUT2D eigenvalue weighted by atomic mass is 10.2. The molecule has 0 saturated heterocycles. The second kappa shape index (κ2) is 6.10. The summed E-state index contributed by atoms with van der Waals surface area (Å²) in [6.45, 7) is 0. The van der Waals surface area contributed by atoms with Gasteiger partial charge < -0.3 is 15.6 Å². The first-order valence-corrected chi connectivity index (χ1v) is 8.14. The molecule has 4 aromatic rings. The van der Waals surface area contributed by atoms with E-state index in [1.54, 1.807) is 48.1 Å². The molecule has 0 aliphatic rings. The minimum Gasteiger partial charge on any atom is -0.366 e. The fourth-order valence-electron chi connectivity index (χ4n) is 2.95. The molecule has 0 unspecified atom stereocenters. The van der Waals surface area contributed by atoms with Crippen LogP contribution in [-0.4, -0.2) is 25.8 Å². The number of carbonyl (C=O) groups excluding carboxylic acids is 2. The Morgan fingerprint density at radius 3 is 2.56 bits per heavy atom. The van der Waals surface area contributed by atoms with Gasteiger partial charge >= 0.3 is 0 Å². The second-order valence-electron chi connectivity index (χ2n) is 6.07. The number of aromatic nitrogens is 3. The van der Waals surface area contributed by atoms with Gasteiger partial charge in [-0.15, -0.1) is 0 Å². The smallest absolute Gasteiger partial charge is 0.272 e. The van der Waals surface area contributed by atoms with E-state index in [1.165, 1.54) is 22.6 Å². The van der Waals surface area contributed by atoms with E-state index in [0.717, 1.165) is 0 Å². The highest BCUT2D eigenvalue weighted by molar-refractivity contribution is 6.06. The van der Waals surface area contributed by atoms with Crippen LogP contribution in [0.2, 0.25) is 0 Å². The minimum atomic E-state index is -0.542. The number of carbonyl (C=O) groups is 2. The van der Waals surface area contributed by atoms with Crippen molar-refractivity contribution in [2.75, 3.05) is 5.32 Å². The van der Waals surface area contributed by atoms with Crippen LogP contribution in [0.1, 0.15) is 20.8 Å². The highest BCUT2D eigenvalue weighted by Crippen LogP contribution is 2.17. The quantitative estimate of drug-likeness (QED) is 0.576.